The standard InChI is InChI=1S/C8H10N2S/c1-10(7-9)5-4-8-3-2-6-11-8/h2-3,6H,4-5H2,1H3. The van der Waals surface area contributed by atoms with E-state index in [-0.39, 0.29) is 0 Å². The zero-order chi connectivity index (χ0) is 8.10. The minimum Gasteiger partial charge on any atom is -0.313 e. The molecule has 0 aliphatic rings. The largest absolute Gasteiger partial charge is 0.313 e. The molecule has 0 saturated carbocycles. The molecule has 0 bridgehead atoms. The Balaban J connectivity index is 2.30. The van der Waals surface area contributed by atoms with Gasteiger partial charge in [0, 0.05) is 24.9 Å². The molecular weight excluding hydrogens is 156 g/mol. The van der Waals surface area contributed by atoms with Gasteiger partial charge in [0.15, 0.2) is 6.19 Å². The third-order valence-corrected chi connectivity index (χ3v) is 2.38. The Morgan fingerprint density at radius 2 is 2.55 bits per heavy atom. The Hall–Kier alpha value is -1.01. The van der Waals surface area contributed by atoms with Gasteiger partial charge in [0.05, 0.1) is 0 Å². The summed E-state index contributed by atoms with van der Waals surface area (Å²) >= 11 is 1.74. The lowest BCUT2D eigenvalue weighted by molar-refractivity contribution is 0.480. The zero-order valence-electron chi connectivity index (χ0n) is 6.45. The van der Waals surface area contributed by atoms with Crippen LogP contribution in [0.4, 0.5) is 0 Å². The molecule has 1 aromatic heterocycles. The minimum atomic E-state index is 0.816. The molecule has 1 heterocycles. The summed E-state index contributed by atoms with van der Waals surface area (Å²) in [7, 11) is 1.80. The Kier molecular flexibility index (Phi) is 2.94. The normalized spacial score (nSPS) is 9.09. The smallest absolute Gasteiger partial charge is 0.179 e. The fraction of sp³-hybridized carbons (Fsp3) is 0.375. The van der Waals surface area contributed by atoms with E-state index in [0.717, 1.165) is 13.0 Å². The Morgan fingerprint density at radius 1 is 1.73 bits per heavy atom. The van der Waals surface area contributed by atoms with E-state index in [1.54, 1.807) is 23.3 Å². The van der Waals surface area contributed by atoms with Crippen molar-refractivity contribution in [3.8, 4) is 6.19 Å². The van der Waals surface area contributed by atoms with Gasteiger partial charge in [-0.1, -0.05) is 6.07 Å². The van der Waals surface area contributed by atoms with Gasteiger partial charge in [0.25, 0.3) is 0 Å². The number of thiophene rings is 1. The first-order chi connectivity index (χ1) is 5.33. The third kappa shape index (κ3) is 2.60. The highest BCUT2D eigenvalue weighted by atomic mass is 32.1. The van der Waals surface area contributed by atoms with Crippen molar-refractivity contribution < 1.29 is 0 Å². The lowest BCUT2D eigenvalue weighted by Crippen LogP contribution is -2.13. The van der Waals surface area contributed by atoms with Gasteiger partial charge in [-0.3, -0.25) is 0 Å². The van der Waals surface area contributed by atoms with Crippen LogP contribution >= 0.6 is 11.3 Å². The monoisotopic (exact) mass is 166 g/mol. The van der Waals surface area contributed by atoms with Crippen LogP contribution in [-0.2, 0) is 6.42 Å². The lowest BCUT2D eigenvalue weighted by atomic mass is 10.3. The van der Waals surface area contributed by atoms with E-state index in [1.165, 1.54) is 4.88 Å². The predicted molar refractivity (Wildman–Crippen MR) is 46.3 cm³/mol. The third-order valence-electron chi connectivity index (χ3n) is 1.44. The molecule has 1 rings (SSSR count). The molecule has 0 fully saturated rings. The van der Waals surface area contributed by atoms with Crippen LogP contribution in [-0.4, -0.2) is 18.5 Å². The zero-order valence-corrected chi connectivity index (χ0v) is 7.27. The molecule has 0 atom stereocenters. The van der Waals surface area contributed by atoms with Crippen LogP contribution in [0.1, 0.15) is 4.88 Å². The topological polar surface area (TPSA) is 27.0 Å². The van der Waals surface area contributed by atoms with Crippen molar-refractivity contribution in [2.24, 2.45) is 0 Å². The molecule has 0 N–H and O–H groups in total. The molecule has 0 unspecified atom stereocenters. The van der Waals surface area contributed by atoms with Crippen LogP contribution in [0.5, 0.6) is 0 Å². The summed E-state index contributed by atoms with van der Waals surface area (Å²) < 4.78 is 0. The molecule has 0 radical (unpaired) electrons. The van der Waals surface area contributed by atoms with Gasteiger partial charge in [-0.05, 0) is 11.4 Å². The maximum Gasteiger partial charge on any atom is 0.179 e. The number of hydrogen-bond donors (Lipinski definition) is 0. The van der Waals surface area contributed by atoms with Gasteiger partial charge in [-0.2, -0.15) is 5.26 Å². The second-order valence-electron chi connectivity index (χ2n) is 2.35. The van der Waals surface area contributed by atoms with E-state index in [9.17, 15) is 0 Å². The van der Waals surface area contributed by atoms with Crippen LogP contribution in [0.2, 0.25) is 0 Å². The number of nitriles is 1. The summed E-state index contributed by atoms with van der Waals surface area (Å²) in [6, 6.07) is 4.13. The number of likely N-dealkylation sites (N-methyl/N-ethyl adjacent to an activating group) is 1. The van der Waals surface area contributed by atoms with E-state index in [0.29, 0.717) is 0 Å². The van der Waals surface area contributed by atoms with E-state index in [2.05, 4.69) is 17.6 Å². The molecule has 11 heavy (non-hydrogen) atoms. The summed E-state index contributed by atoms with van der Waals surface area (Å²) in [4.78, 5) is 2.98. The molecule has 0 spiro atoms. The van der Waals surface area contributed by atoms with Crippen LogP contribution in [0.25, 0.3) is 0 Å². The maximum atomic E-state index is 8.44. The minimum absolute atomic E-state index is 0.816. The summed E-state index contributed by atoms with van der Waals surface area (Å²) in [6.45, 7) is 0.816. The lowest BCUT2D eigenvalue weighted by Gasteiger charge is -2.05. The van der Waals surface area contributed by atoms with E-state index < -0.39 is 0 Å². The second-order valence-corrected chi connectivity index (χ2v) is 3.38. The summed E-state index contributed by atoms with van der Waals surface area (Å²) in [5.74, 6) is 0. The van der Waals surface area contributed by atoms with Crippen LogP contribution in [0.15, 0.2) is 17.5 Å². The Morgan fingerprint density at radius 3 is 3.09 bits per heavy atom. The fourth-order valence-corrected chi connectivity index (χ4v) is 1.48. The Bertz CT molecular complexity index is 235. The van der Waals surface area contributed by atoms with Crippen molar-refractivity contribution in [3.63, 3.8) is 0 Å². The average molecular weight is 166 g/mol. The SMILES string of the molecule is CN(C#N)CCc1cccs1. The first-order valence-electron chi connectivity index (χ1n) is 3.46. The highest BCUT2D eigenvalue weighted by molar-refractivity contribution is 7.09. The molecule has 0 aliphatic heterocycles. The highest BCUT2D eigenvalue weighted by Gasteiger charge is 1.95. The van der Waals surface area contributed by atoms with Gasteiger partial charge < -0.3 is 4.90 Å². The van der Waals surface area contributed by atoms with E-state index in [4.69, 9.17) is 5.26 Å². The molecule has 2 nitrogen and oxygen atoms in total. The van der Waals surface area contributed by atoms with Crippen molar-refractivity contribution in [1.82, 2.24) is 4.90 Å². The second kappa shape index (κ2) is 3.99. The maximum absolute atomic E-state index is 8.44. The first-order valence-corrected chi connectivity index (χ1v) is 4.34. The quantitative estimate of drug-likeness (QED) is 0.505. The molecule has 1 aromatic rings. The molecular formula is C8H10N2S. The molecule has 0 amide bonds. The van der Waals surface area contributed by atoms with Crippen molar-refractivity contribution in [3.05, 3.63) is 22.4 Å². The average Bonchev–Trinajstić information content (AvgIpc) is 2.52. The summed E-state index contributed by atoms with van der Waals surface area (Å²) in [5, 5.41) is 10.5. The van der Waals surface area contributed by atoms with Crippen molar-refractivity contribution in [1.29, 1.82) is 5.26 Å². The number of nitrogens with zero attached hydrogens (tertiary/aromatic N) is 2. The molecule has 0 aromatic carbocycles. The van der Waals surface area contributed by atoms with Gasteiger partial charge in [-0.15, -0.1) is 11.3 Å². The number of hydrogen-bond acceptors (Lipinski definition) is 3. The van der Waals surface area contributed by atoms with Gasteiger partial charge in [0.2, 0.25) is 0 Å². The van der Waals surface area contributed by atoms with Crippen molar-refractivity contribution >= 4 is 11.3 Å². The van der Waals surface area contributed by atoms with Crippen molar-refractivity contribution in [2.45, 2.75) is 6.42 Å². The molecule has 0 aliphatic carbocycles. The molecule has 0 saturated heterocycles. The van der Waals surface area contributed by atoms with Gasteiger partial charge in [-0.25, -0.2) is 0 Å². The molecule has 58 valence electrons. The summed E-state index contributed by atoms with van der Waals surface area (Å²) in [5.41, 5.74) is 0. The predicted octanol–water partition coefficient (Wildman–Crippen LogP) is 1.70. The van der Waals surface area contributed by atoms with E-state index in [1.807, 2.05) is 6.07 Å². The highest BCUT2D eigenvalue weighted by Crippen LogP contribution is 2.08. The Labute approximate surface area is 70.7 Å². The fourth-order valence-electron chi connectivity index (χ4n) is 0.783. The summed E-state index contributed by atoms with van der Waals surface area (Å²) in [6.07, 6.45) is 3.04. The van der Waals surface area contributed by atoms with Gasteiger partial charge in [0.1, 0.15) is 0 Å². The van der Waals surface area contributed by atoms with Crippen LogP contribution in [0, 0.1) is 11.5 Å². The van der Waals surface area contributed by atoms with Crippen LogP contribution < -0.4 is 0 Å². The van der Waals surface area contributed by atoms with Gasteiger partial charge >= 0.3 is 0 Å². The van der Waals surface area contributed by atoms with Crippen molar-refractivity contribution in [2.75, 3.05) is 13.6 Å². The van der Waals surface area contributed by atoms with E-state index >= 15 is 0 Å². The number of rotatable bonds is 3. The first kappa shape index (κ1) is 8.09. The molecule has 3 heteroatoms. The van der Waals surface area contributed by atoms with Crippen LogP contribution in [0.3, 0.4) is 0 Å².